The fraction of sp³-hybridized carbons (Fsp3) is 0.528. The number of halogens is 1. The molecule has 4 fully saturated rings. The molecule has 3 N–H and O–H groups in total. The molecule has 0 unspecified atom stereocenters. The van der Waals surface area contributed by atoms with Gasteiger partial charge in [0.05, 0.1) is 24.1 Å². The second-order valence-corrected chi connectivity index (χ2v) is 14.3. The second kappa shape index (κ2) is 12.9. The average Bonchev–Trinajstić information content (AvgIpc) is 3.63. The third-order valence-corrected chi connectivity index (χ3v) is 11.4. The number of nitrogens with zero attached hydrogens (tertiary/aromatic N) is 6. The Balaban J connectivity index is 1.22. The zero-order valence-electron chi connectivity index (χ0n) is 28.5. The van der Waals surface area contributed by atoms with Gasteiger partial charge in [0, 0.05) is 44.0 Å². The van der Waals surface area contributed by atoms with E-state index in [0.29, 0.717) is 63.1 Å². The van der Waals surface area contributed by atoms with Crippen LogP contribution in [0.1, 0.15) is 52.5 Å². The number of rotatable bonds is 8. The van der Waals surface area contributed by atoms with Crippen molar-refractivity contribution in [3.05, 3.63) is 64.5 Å². The van der Waals surface area contributed by atoms with Crippen LogP contribution in [-0.2, 0) is 13.0 Å². The molecule has 0 spiro atoms. The molecular formula is C36H46FN9O2. The van der Waals surface area contributed by atoms with Crippen LogP contribution >= 0.6 is 0 Å². The van der Waals surface area contributed by atoms with Gasteiger partial charge in [0.15, 0.2) is 17.6 Å². The zero-order valence-corrected chi connectivity index (χ0v) is 28.5. The Morgan fingerprint density at radius 3 is 2.77 bits per heavy atom. The highest BCUT2D eigenvalue weighted by Crippen LogP contribution is 2.61. The normalized spacial score (nSPS) is 25.2. The zero-order chi connectivity index (χ0) is 33.6. The Bertz CT molecular complexity index is 1870. The van der Waals surface area contributed by atoms with Gasteiger partial charge in [-0.2, -0.15) is 0 Å². The van der Waals surface area contributed by atoms with Crippen LogP contribution in [0.25, 0.3) is 22.6 Å². The van der Waals surface area contributed by atoms with E-state index in [4.69, 9.17) is 14.7 Å². The van der Waals surface area contributed by atoms with Crippen LogP contribution in [0.15, 0.2) is 52.5 Å². The molecule has 0 amide bonds. The van der Waals surface area contributed by atoms with E-state index in [0.717, 1.165) is 44.1 Å². The number of H-pyrrole nitrogens is 1. The number of aromatic nitrogens is 5. The molecule has 3 aliphatic carbocycles. The SMILES string of the molecule is CC[C@H]1CN(/C(=N\[C@H]2C[C@H]3C[C@@H]([C@@H]2C)C3(C)C)Nc2ccc3c(=O)n(CCc4ccc(OC)cc4F)c(-c4nnc[nH]4)nc3c2)CCN1. The molecule has 2 bridgehead atoms. The van der Waals surface area contributed by atoms with E-state index in [1.165, 1.54) is 30.5 Å². The summed E-state index contributed by atoms with van der Waals surface area (Å²) in [5.41, 5.74) is 1.98. The van der Waals surface area contributed by atoms with Crippen LogP contribution in [0, 0.1) is 29.0 Å². The molecule has 48 heavy (non-hydrogen) atoms. The maximum Gasteiger partial charge on any atom is 0.261 e. The predicted molar refractivity (Wildman–Crippen MR) is 186 cm³/mol. The molecule has 4 aliphatic rings. The molecule has 2 aromatic carbocycles. The number of methoxy groups -OCH3 is 1. The van der Waals surface area contributed by atoms with Gasteiger partial charge < -0.3 is 25.3 Å². The van der Waals surface area contributed by atoms with Crippen LogP contribution in [-0.4, -0.2) is 74.4 Å². The number of aryl methyl sites for hydroxylation is 1. The second-order valence-electron chi connectivity index (χ2n) is 14.3. The van der Waals surface area contributed by atoms with Crippen LogP contribution in [0.3, 0.4) is 0 Å². The van der Waals surface area contributed by atoms with E-state index < -0.39 is 0 Å². The molecule has 0 radical (unpaired) electrons. The van der Waals surface area contributed by atoms with Crippen LogP contribution < -0.4 is 20.9 Å². The van der Waals surface area contributed by atoms with Crippen molar-refractivity contribution in [1.29, 1.82) is 0 Å². The fourth-order valence-electron chi connectivity index (χ4n) is 8.16. The van der Waals surface area contributed by atoms with Crippen LogP contribution in [0.2, 0.25) is 0 Å². The maximum absolute atomic E-state index is 14.8. The number of hydrogen-bond donors (Lipinski definition) is 3. The minimum Gasteiger partial charge on any atom is -0.497 e. The summed E-state index contributed by atoms with van der Waals surface area (Å²) in [6, 6.07) is 11.0. The molecule has 5 atom stereocenters. The molecule has 3 saturated carbocycles. The van der Waals surface area contributed by atoms with Gasteiger partial charge in [-0.15, -0.1) is 10.2 Å². The van der Waals surface area contributed by atoms with Crippen LogP contribution in [0.4, 0.5) is 10.1 Å². The van der Waals surface area contributed by atoms with Crippen molar-refractivity contribution in [2.45, 2.75) is 72.0 Å². The van der Waals surface area contributed by atoms with E-state index in [9.17, 15) is 9.18 Å². The first kappa shape index (κ1) is 32.2. The number of aliphatic imine (C=N–C) groups is 1. The monoisotopic (exact) mass is 655 g/mol. The van der Waals surface area contributed by atoms with Crippen molar-refractivity contribution >= 4 is 22.5 Å². The maximum atomic E-state index is 14.8. The number of anilines is 1. The molecule has 1 saturated heterocycles. The van der Waals surface area contributed by atoms with Gasteiger partial charge in [-0.1, -0.05) is 33.8 Å². The molecule has 4 aromatic rings. The highest BCUT2D eigenvalue weighted by molar-refractivity contribution is 5.96. The van der Waals surface area contributed by atoms with Gasteiger partial charge in [0.25, 0.3) is 5.56 Å². The molecular weight excluding hydrogens is 609 g/mol. The van der Waals surface area contributed by atoms with Crippen LogP contribution in [0.5, 0.6) is 5.75 Å². The quantitative estimate of drug-likeness (QED) is 0.177. The molecule has 2 aromatic heterocycles. The van der Waals surface area contributed by atoms with E-state index in [2.05, 4.69) is 58.4 Å². The molecule has 8 rings (SSSR count). The number of benzene rings is 2. The highest BCUT2D eigenvalue weighted by Gasteiger charge is 2.56. The lowest BCUT2D eigenvalue weighted by Gasteiger charge is -2.61. The minimum atomic E-state index is -0.386. The van der Waals surface area contributed by atoms with Crippen molar-refractivity contribution in [2.75, 3.05) is 32.1 Å². The first-order valence-corrected chi connectivity index (χ1v) is 17.2. The number of guanidine groups is 1. The number of ether oxygens (including phenoxy) is 1. The van der Waals surface area contributed by atoms with Gasteiger partial charge in [0.1, 0.15) is 17.9 Å². The Labute approximate surface area is 280 Å². The van der Waals surface area contributed by atoms with E-state index in [-0.39, 0.29) is 30.4 Å². The summed E-state index contributed by atoms with van der Waals surface area (Å²) in [7, 11) is 1.50. The summed E-state index contributed by atoms with van der Waals surface area (Å²) < 4.78 is 21.5. The van der Waals surface area contributed by atoms with Crippen molar-refractivity contribution in [3.8, 4) is 17.4 Å². The van der Waals surface area contributed by atoms with Gasteiger partial charge in [-0.3, -0.25) is 9.36 Å². The molecule has 3 heterocycles. The number of hydrogen-bond acceptors (Lipinski definition) is 7. The Morgan fingerprint density at radius 2 is 2.06 bits per heavy atom. The Kier molecular flexibility index (Phi) is 8.69. The minimum absolute atomic E-state index is 0.206. The first-order valence-electron chi connectivity index (χ1n) is 17.2. The van der Waals surface area contributed by atoms with Gasteiger partial charge in [0.2, 0.25) is 0 Å². The van der Waals surface area contributed by atoms with Gasteiger partial charge >= 0.3 is 0 Å². The molecule has 1 aliphatic heterocycles. The van der Waals surface area contributed by atoms with Crippen molar-refractivity contribution in [1.82, 2.24) is 34.9 Å². The van der Waals surface area contributed by atoms with E-state index >= 15 is 0 Å². The highest BCUT2D eigenvalue weighted by atomic mass is 19.1. The van der Waals surface area contributed by atoms with E-state index in [1.807, 2.05) is 18.2 Å². The summed E-state index contributed by atoms with van der Waals surface area (Å²) in [5.74, 6) is 3.57. The summed E-state index contributed by atoms with van der Waals surface area (Å²) in [6.07, 6.45) is 5.20. The van der Waals surface area contributed by atoms with E-state index in [1.54, 1.807) is 12.1 Å². The summed E-state index contributed by atoms with van der Waals surface area (Å²) in [4.78, 5) is 29.7. The smallest absolute Gasteiger partial charge is 0.261 e. The average molecular weight is 656 g/mol. The molecule has 254 valence electrons. The Morgan fingerprint density at radius 1 is 1.21 bits per heavy atom. The Hall–Kier alpha value is -4.32. The predicted octanol–water partition coefficient (Wildman–Crippen LogP) is 5.09. The first-order chi connectivity index (χ1) is 23.2. The third-order valence-electron chi connectivity index (χ3n) is 11.4. The number of nitrogens with one attached hydrogen (secondary N) is 3. The summed E-state index contributed by atoms with van der Waals surface area (Å²) >= 11 is 0. The number of aromatic amines is 1. The van der Waals surface area contributed by atoms with Crippen molar-refractivity contribution in [2.24, 2.45) is 28.2 Å². The largest absolute Gasteiger partial charge is 0.497 e. The summed E-state index contributed by atoms with van der Waals surface area (Å²) in [5, 5.41) is 15.9. The molecule has 11 nitrogen and oxygen atoms in total. The lowest BCUT2D eigenvalue weighted by atomic mass is 9.45. The number of fused-ring (bicyclic) bond motifs is 3. The van der Waals surface area contributed by atoms with Gasteiger partial charge in [-0.05, 0) is 78.7 Å². The lowest BCUT2D eigenvalue weighted by molar-refractivity contribution is -0.108. The topological polar surface area (TPSA) is 125 Å². The lowest BCUT2D eigenvalue weighted by Crippen LogP contribution is -2.57. The van der Waals surface area contributed by atoms with Gasteiger partial charge in [-0.25, -0.2) is 14.4 Å². The van der Waals surface area contributed by atoms with Crippen molar-refractivity contribution < 1.29 is 9.13 Å². The summed E-state index contributed by atoms with van der Waals surface area (Å²) in [6.45, 7) is 12.3. The third kappa shape index (κ3) is 5.95. The fourth-order valence-corrected chi connectivity index (χ4v) is 8.16. The van der Waals surface area contributed by atoms with Crippen molar-refractivity contribution in [3.63, 3.8) is 0 Å². The standard InChI is InChI=1S/C36H46FN9O2/c1-6-24-19-45(14-12-38-24)35(43-30-16-23-15-28(21(30)2)36(23,3)4)41-25-8-10-27-31(17-25)42-33(32-39-20-40-44-32)46(34(27)47)13-11-22-7-9-26(48-5)18-29(22)37/h7-10,17-18,20-21,23-24,28,30,38H,6,11-16,19H2,1-5H3,(H,41,43)(H,39,40,44)/t21-,23+,24-,28-,30-/m0/s1. The molecule has 12 heteroatoms. The number of piperazine rings is 1.